The van der Waals surface area contributed by atoms with Crippen molar-refractivity contribution in [2.75, 3.05) is 20.7 Å². The third-order valence-corrected chi connectivity index (χ3v) is 2.41. The predicted molar refractivity (Wildman–Crippen MR) is 68.1 cm³/mol. The third-order valence-electron chi connectivity index (χ3n) is 2.41. The van der Waals surface area contributed by atoms with Crippen LogP contribution in [0.25, 0.3) is 0 Å². The van der Waals surface area contributed by atoms with Crippen molar-refractivity contribution in [3.05, 3.63) is 35.4 Å². The van der Waals surface area contributed by atoms with Crippen LogP contribution in [-0.2, 0) is 16.1 Å². The smallest absolute Gasteiger partial charge is 0.413 e. The van der Waals surface area contributed by atoms with E-state index in [4.69, 9.17) is 0 Å². The lowest BCUT2D eigenvalue weighted by Gasteiger charge is -2.15. The van der Waals surface area contributed by atoms with Gasteiger partial charge in [-0.25, -0.2) is 4.79 Å². The molecule has 1 rings (SSSR count). The number of carbonyl (C=O) groups is 2. The molecule has 0 saturated carbocycles. The number of likely N-dealkylation sites (N-methyl/N-ethyl adjacent to an activating group) is 1. The molecule has 0 atom stereocenters. The van der Waals surface area contributed by atoms with Gasteiger partial charge in [0.1, 0.15) is 0 Å². The monoisotopic (exact) mass is 250 g/mol. The van der Waals surface area contributed by atoms with Crippen LogP contribution >= 0.6 is 0 Å². The second-order valence-electron chi connectivity index (χ2n) is 4.20. The fourth-order valence-electron chi connectivity index (χ4n) is 1.51. The molecule has 0 saturated heterocycles. The Kier molecular flexibility index (Phi) is 5.32. The molecule has 0 aliphatic rings. The minimum atomic E-state index is -0.733. The number of alkyl carbamates (subject to hydrolysis) is 1. The van der Waals surface area contributed by atoms with Gasteiger partial charge in [0.05, 0.1) is 13.7 Å². The van der Waals surface area contributed by atoms with Crippen molar-refractivity contribution in [1.29, 1.82) is 0 Å². The van der Waals surface area contributed by atoms with Crippen LogP contribution in [-0.4, -0.2) is 37.6 Å². The summed E-state index contributed by atoms with van der Waals surface area (Å²) in [4.78, 5) is 24.1. The fourth-order valence-corrected chi connectivity index (χ4v) is 1.51. The van der Waals surface area contributed by atoms with Gasteiger partial charge >= 0.3 is 6.09 Å². The molecule has 0 spiro atoms. The molecule has 1 aromatic rings. The highest BCUT2D eigenvalue weighted by atomic mass is 16.5. The first-order chi connectivity index (χ1) is 8.51. The number of nitrogens with one attached hydrogen (secondary N) is 1. The normalized spacial score (nSPS) is 10.2. The number of ether oxygens (including phenoxy) is 1. The zero-order chi connectivity index (χ0) is 13.5. The molecular weight excluding hydrogens is 232 g/mol. The van der Waals surface area contributed by atoms with Crippen molar-refractivity contribution < 1.29 is 14.3 Å². The van der Waals surface area contributed by atoms with E-state index in [2.05, 4.69) is 10.1 Å². The molecule has 0 aromatic heterocycles. The van der Waals surface area contributed by atoms with Crippen LogP contribution < -0.4 is 5.32 Å². The van der Waals surface area contributed by atoms with E-state index in [1.807, 2.05) is 43.1 Å². The minimum Gasteiger partial charge on any atom is -0.453 e. The molecule has 1 aromatic carbocycles. The van der Waals surface area contributed by atoms with Crippen LogP contribution in [0.4, 0.5) is 4.79 Å². The average molecular weight is 250 g/mol. The summed E-state index contributed by atoms with van der Waals surface area (Å²) < 4.78 is 4.34. The maximum absolute atomic E-state index is 11.4. The van der Waals surface area contributed by atoms with Gasteiger partial charge in [0.25, 0.3) is 0 Å². The van der Waals surface area contributed by atoms with Gasteiger partial charge in [-0.1, -0.05) is 29.8 Å². The Balaban J connectivity index is 2.41. The highest BCUT2D eigenvalue weighted by molar-refractivity contribution is 5.92. The number of rotatable bonds is 4. The van der Waals surface area contributed by atoms with E-state index >= 15 is 0 Å². The molecule has 98 valence electrons. The van der Waals surface area contributed by atoms with E-state index in [1.54, 1.807) is 0 Å². The standard InChI is InChI=1S/C13H18N2O3/c1-10-4-6-11(7-5-10)8-15(2)9-12(16)14-13(17)18-3/h4-7H,8-9H2,1-3H3,(H,14,16,17). The van der Waals surface area contributed by atoms with Crippen LogP contribution in [0.3, 0.4) is 0 Å². The predicted octanol–water partition coefficient (Wildman–Crippen LogP) is 1.31. The number of amides is 2. The van der Waals surface area contributed by atoms with Crippen LogP contribution in [0.1, 0.15) is 11.1 Å². The van der Waals surface area contributed by atoms with Gasteiger partial charge in [-0.05, 0) is 19.5 Å². The molecule has 2 amide bonds. The number of hydrogen-bond acceptors (Lipinski definition) is 4. The van der Waals surface area contributed by atoms with Gasteiger partial charge < -0.3 is 4.74 Å². The molecule has 0 aliphatic carbocycles. The van der Waals surface area contributed by atoms with Gasteiger partial charge in [0, 0.05) is 6.54 Å². The largest absolute Gasteiger partial charge is 0.453 e. The first-order valence-electron chi connectivity index (χ1n) is 5.63. The highest BCUT2D eigenvalue weighted by Gasteiger charge is 2.10. The molecule has 0 radical (unpaired) electrons. The maximum Gasteiger partial charge on any atom is 0.413 e. The van der Waals surface area contributed by atoms with E-state index in [9.17, 15) is 9.59 Å². The molecule has 1 N–H and O–H groups in total. The molecule has 0 heterocycles. The Hall–Kier alpha value is -1.88. The summed E-state index contributed by atoms with van der Waals surface area (Å²) in [6.07, 6.45) is -0.733. The lowest BCUT2D eigenvalue weighted by molar-refractivity contribution is -0.121. The van der Waals surface area contributed by atoms with Crippen LogP contribution in [0.2, 0.25) is 0 Å². The second kappa shape index (κ2) is 6.76. The second-order valence-corrected chi connectivity index (χ2v) is 4.20. The maximum atomic E-state index is 11.4. The molecule has 0 bridgehead atoms. The Bertz CT molecular complexity index is 415. The zero-order valence-corrected chi connectivity index (χ0v) is 10.9. The number of benzene rings is 1. The molecule has 0 fully saturated rings. The summed E-state index contributed by atoms with van der Waals surface area (Å²) in [5.74, 6) is -0.378. The van der Waals surface area contributed by atoms with Gasteiger partial charge in [0.2, 0.25) is 5.91 Å². The Morgan fingerprint density at radius 1 is 1.28 bits per heavy atom. The van der Waals surface area contributed by atoms with Crippen LogP contribution in [0.15, 0.2) is 24.3 Å². The van der Waals surface area contributed by atoms with Crippen LogP contribution in [0.5, 0.6) is 0 Å². The van der Waals surface area contributed by atoms with E-state index in [1.165, 1.54) is 12.7 Å². The van der Waals surface area contributed by atoms with Gasteiger partial charge in [-0.2, -0.15) is 0 Å². The van der Waals surface area contributed by atoms with E-state index in [-0.39, 0.29) is 12.5 Å². The Labute approximate surface area is 107 Å². The van der Waals surface area contributed by atoms with Gasteiger partial charge in [-0.3, -0.25) is 15.0 Å². The molecule has 0 aliphatic heterocycles. The molecule has 5 heteroatoms. The van der Waals surface area contributed by atoms with Gasteiger partial charge in [-0.15, -0.1) is 0 Å². The molecule has 18 heavy (non-hydrogen) atoms. The Morgan fingerprint density at radius 3 is 2.44 bits per heavy atom. The van der Waals surface area contributed by atoms with E-state index in [0.717, 1.165) is 5.56 Å². The zero-order valence-electron chi connectivity index (χ0n) is 10.9. The lowest BCUT2D eigenvalue weighted by atomic mass is 10.1. The number of carbonyl (C=O) groups excluding carboxylic acids is 2. The topological polar surface area (TPSA) is 58.6 Å². The summed E-state index contributed by atoms with van der Waals surface area (Å²) in [5.41, 5.74) is 2.32. The van der Waals surface area contributed by atoms with E-state index < -0.39 is 6.09 Å². The summed E-state index contributed by atoms with van der Waals surface area (Å²) in [7, 11) is 3.04. The van der Waals surface area contributed by atoms with Crippen molar-refractivity contribution in [2.45, 2.75) is 13.5 Å². The molecule has 0 unspecified atom stereocenters. The van der Waals surface area contributed by atoms with E-state index in [0.29, 0.717) is 6.54 Å². The number of imide groups is 1. The number of hydrogen-bond donors (Lipinski definition) is 1. The summed E-state index contributed by atoms with van der Waals surface area (Å²) in [5, 5.41) is 2.11. The first-order valence-corrected chi connectivity index (χ1v) is 5.63. The summed E-state index contributed by atoms with van der Waals surface area (Å²) >= 11 is 0. The fraction of sp³-hybridized carbons (Fsp3) is 0.385. The average Bonchev–Trinajstić information content (AvgIpc) is 2.31. The van der Waals surface area contributed by atoms with Gasteiger partial charge in [0.15, 0.2) is 0 Å². The molecular formula is C13H18N2O3. The van der Waals surface area contributed by atoms with Crippen molar-refractivity contribution in [3.63, 3.8) is 0 Å². The number of aryl methyl sites for hydroxylation is 1. The quantitative estimate of drug-likeness (QED) is 0.875. The van der Waals surface area contributed by atoms with Crippen molar-refractivity contribution in [2.24, 2.45) is 0 Å². The van der Waals surface area contributed by atoms with Crippen molar-refractivity contribution >= 4 is 12.0 Å². The summed E-state index contributed by atoms with van der Waals surface area (Å²) in [6, 6.07) is 8.09. The first kappa shape index (κ1) is 14.2. The van der Waals surface area contributed by atoms with Crippen LogP contribution in [0, 0.1) is 6.92 Å². The SMILES string of the molecule is COC(=O)NC(=O)CN(C)Cc1ccc(C)cc1. The summed E-state index contributed by atoms with van der Waals surface area (Å²) in [6.45, 7) is 2.81. The number of methoxy groups -OCH3 is 1. The number of nitrogens with zero attached hydrogens (tertiary/aromatic N) is 1. The van der Waals surface area contributed by atoms with Crippen molar-refractivity contribution in [3.8, 4) is 0 Å². The lowest BCUT2D eigenvalue weighted by Crippen LogP contribution is -2.38. The Morgan fingerprint density at radius 2 is 1.89 bits per heavy atom. The minimum absolute atomic E-state index is 0.142. The van der Waals surface area contributed by atoms with Crippen molar-refractivity contribution in [1.82, 2.24) is 10.2 Å². The highest BCUT2D eigenvalue weighted by Crippen LogP contribution is 2.05. The molecule has 5 nitrogen and oxygen atoms in total. The third kappa shape index (κ3) is 4.97.